The van der Waals surface area contributed by atoms with E-state index >= 15 is 0 Å². The van der Waals surface area contributed by atoms with Crippen LogP contribution in [0.3, 0.4) is 0 Å². The molecule has 0 radical (unpaired) electrons. The van der Waals surface area contributed by atoms with E-state index in [-0.39, 0.29) is 12.5 Å². The molecule has 0 aliphatic carbocycles. The molecule has 1 N–H and O–H groups in total. The lowest BCUT2D eigenvalue weighted by Crippen LogP contribution is -2.15. The minimum atomic E-state index is -0.351. The molecular weight excluding hydrogens is 210 g/mol. The molecule has 0 bridgehead atoms. The highest BCUT2D eigenvalue weighted by Crippen LogP contribution is 2.17. The first-order valence-electron chi connectivity index (χ1n) is 4.65. The van der Waals surface area contributed by atoms with Gasteiger partial charge in [0.15, 0.2) is 5.65 Å². The second-order valence-corrected chi connectivity index (χ2v) is 3.16. The van der Waals surface area contributed by atoms with Crippen LogP contribution in [0.25, 0.3) is 11.0 Å². The van der Waals surface area contributed by atoms with Crippen LogP contribution in [0, 0.1) is 0 Å². The van der Waals surface area contributed by atoms with Gasteiger partial charge in [0, 0.05) is 7.05 Å². The summed E-state index contributed by atoms with van der Waals surface area (Å²) in [5, 5.41) is 7.71. The quantitative estimate of drug-likeness (QED) is 0.732. The number of nitrogens with zero attached hydrogens (tertiary/aromatic N) is 4. The number of hydrogen-bond donors (Lipinski definition) is 1. The van der Waals surface area contributed by atoms with Gasteiger partial charge in [-0.2, -0.15) is 5.10 Å². The fourth-order valence-electron chi connectivity index (χ4n) is 1.33. The van der Waals surface area contributed by atoms with Crippen LogP contribution < -0.4 is 5.32 Å². The van der Waals surface area contributed by atoms with Crippen molar-refractivity contribution in [1.29, 1.82) is 0 Å². The Morgan fingerprint density at radius 2 is 2.38 bits per heavy atom. The second-order valence-electron chi connectivity index (χ2n) is 3.16. The Hall–Kier alpha value is -2.18. The fourth-order valence-corrected chi connectivity index (χ4v) is 1.33. The number of anilines is 1. The van der Waals surface area contributed by atoms with Crippen LogP contribution in [0.5, 0.6) is 0 Å². The van der Waals surface area contributed by atoms with Crippen LogP contribution in [0.4, 0.5) is 5.82 Å². The number of ether oxygens (including phenoxy) is 1. The Labute approximate surface area is 91.4 Å². The molecular formula is C9H11N5O2. The molecule has 0 aromatic carbocycles. The van der Waals surface area contributed by atoms with E-state index in [2.05, 4.69) is 25.1 Å². The van der Waals surface area contributed by atoms with Crippen LogP contribution in [-0.2, 0) is 16.6 Å². The van der Waals surface area contributed by atoms with Crippen LogP contribution >= 0.6 is 0 Å². The third kappa shape index (κ3) is 1.79. The van der Waals surface area contributed by atoms with Gasteiger partial charge in [0.25, 0.3) is 0 Å². The molecule has 16 heavy (non-hydrogen) atoms. The Morgan fingerprint density at radius 3 is 3.12 bits per heavy atom. The van der Waals surface area contributed by atoms with Gasteiger partial charge in [0.1, 0.15) is 18.7 Å². The molecule has 0 saturated heterocycles. The lowest BCUT2D eigenvalue weighted by molar-refractivity contribution is -0.138. The molecule has 2 aromatic rings. The average Bonchev–Trinajstić information content (AvgIpc) is 2.69. The molecule has 2 aromatic heterocycles. The van der Waals surface area contributed by atoms with E-state index in [9.17, 15) is 4.79 Å². The predicted molar refractivity (Wildman–Crippen MR) is 56.8 cm³/mol. The van der Waals surface area contributed by atoms with E-state index < -0.39 is 0 Å². The summed E-state index contributed by atoms with van der Waals surface area (Å²) in [7, 11) is 3.13. The van der Waals surface area contributed by atoms with Crippen molar-refractivity contribution in [3.05, 3.63) is 12.5 Å². The molecule has 0 saturated carbocycles. The van der Waals surface area contributed by atoms with Crippen LogP contribution in [-0.4, -0.2) is 39.4 Å². The van der Waals surface area contributed by atoms with Crippen LogP contribution in [0.15, 0.2) is 12.5 Å². The molecule has 0 amide bonds. The lowest BCUT2D eigenvalue weighted by atomic mass is 10.4. The van der Waals surface area contributed by atoms with Crippen LogP contribution in [0.1, 0.15) is 0 Å². The number of carbonyl (C=O) groups is 1. The van der Waals surface area contributed by atoms with Gasteiger partial charge in [-0.15, -0.1) is 0 Å². The van der Waals surface area contributed by atoms with Gasteiger partial charge in [-0.05, 0) is 0 Å². The smallest absolute Gasteiger partial charge is 0.325 e. The maximum Gasteiger partial charge on any atom is 0.325 e. The summed E-state index contributed by atoms with van der Waals surface area (Å²) in [4.78, 5) is 19.1. The largest absolute Gasteiger partial charge is 0.468 e. The summed E-state index contributed by atoms with van der Waals surface area (Å²) in [5.41, 5.74) is 0.711. The second kappa shape index (κ2) is 4.13. The number of hydrogen-bond acceptors (Lipinski definition) is 6. The number of esters is 1. The zero-order chi connectivity index (χ0) is 11.5. The minimum Gasteiger partial charge on any atom is -0.468 e. The summed E-state index contributed by atoms with van der Waals surface area (Å²) < 4.78 is 6.16. The van der Waals surface area contributed by atoms with E-state index in [0.717, 1.165) is 5.39 Å². The minimum absolute atomic E-state index is 0.0670. The fraction of sp³-hybridized carbons (Fsp3) is 0.333. The molecule has 0 fully saturated rings. The molecule has 0 atom stereocenters. The van der Waals surface area contributed by atoms with E-state index in [1.165, 1.54) is 13.4 Å². The standard InChI is InChI=1S/C9H11N5O2/c1-14-9-6(3-13-14)8(11-5-12-9)10-4-7(15)16-2/h3,5H,4H2,1-2H3,(H,10,11,12). The summed E-state index contributed by atoms with van der Waals surface area (Å²) in [6, 6.07) is 0. The number of aryl methyl sites for hydroxylation is 1. The SMILES string of the molecule is COC(=O)CNc1ncnc2c1cnn2C. The molecule has 7 nitrogen and oxygen atoms in total. The van der Waals surface area contributed by atoms with Gasteiger partial charge in [-0.25, -0.2) is 9.97 Å². The zero-order valence-electron chi connectivity index (χ0n) is 8.97. The van der Waals surface area contributed by atoms with Crippen molar-refractivity contribution in [2.45, 2.75) is 0 Å². The Balaban J connectivity index is 2.27. The number of aromatic nitrogens is 4. The van der Waals surface area contributed by atoms with Gasteiger partial charge in [0.2, 0.25) is 0 Å². The number of methoxy groups -OCH3 is 1. The number of fused-ring (bicyclic) bond motifs is 1. The van der Waals surface area contributed by atoms with E-state index in [1.807, 2.05) is 0 Å². The van der Waals surface area contributed by atoms with Crippen molar-refractivity contribution in [1.82, 2.24) is 19.7 Å². The average molecular weight is 221 g/mol. The molecule has 2 rings (SSSR count). The molecule has 7 heteroatoms. The lowest BCUT2D eigenvalue weighted by Gasteiger charge is -2.04. The molecule has 0 unspecified atom stereocenters. The van der Waals surface area contributed by atoms with E-state index in [1.54, 1.807) is 17.9 Å². The van der Waals surface area contributed by atoms with Crippen molar-refractivity contribution in [2.24, 2.45) is 7.05 Å². The maximum atomic E-state index is 11.0. The highest BCUT2D eigenvalue weighted by Gasteiger charge is 2.08. The molecule has 0 aliphatic rings. The first kappa shape index (κ1) is 10.3. The van der Waals surface area contributed by atoms with Gasteiger partial charge < -0.3 is 10.1 Å². The topological polar surface area (TPSA) is 81.9 Å². The van der Waals surface area contributed by atoms with Crippen molar-refractivity contribution in [3.8, 4) is 0 Å². The van der Waals surface area contributed by atoms with Crippen LogP contribution in [0.2, 0.25) is 0 Å². The number of carbonyl (C=O) groups excluding carboxylic acids is 1. The summed E-state index contributed by atoms with van der Waals surface area (Å²) in [6.45, 7) is 0.0670. The highest BCUT2D eigenvalue weighted by molar-refractivity contribution is 5.87. The Bertz CT molecular complexity index is 522. The van der Waals surface area contributed by atoms with Crippen molar-refractivity contribution >= 4 is 22.8 Å². The number of rotatable bonds is 3. The van der Waals surface area contributed by atoms with Gasteiger partial charge in [-0.3, -0.25) is 9.48 Å². The Kier molecular flexibility index (Phi) is 2.67. The predicted octanol–water partition coefficient (Wildman–Crippen LogP) is -0.0518. The highest BCUT2D eigenvalue weighted by atomic mass is 16.5. The van der Waals surface area contributed by atoms with Crippen molar-refractivity contribution in [2.75, 3.05) is 19.0 Å². The summed E-state index contributed by atoms with van der Waals surface area (Å²) >= 11 is 0. The maximum absolute atomic E-state index is 11.0. The first-order valence-corrected chi connectivity index (χ1v) is 4.65. The zero-order valence-corrected chi connectivity index (χ0v) is 8.97. The monoisotopic (exact) mass is 221 g/mol. The van der Waals surface area contributed by atoms with Gasteiger partial charge in [-0.1, -0.05) is 0 Å². The summed E-state index contributed by atoms with van der Waals surface area (Å²) in [6.07, 6.45) is 3.07. The van der Waals surface area contributed by atoms with E-state index in [0.29, 0.717) is 11.5 Å². The Morgan fingerprint density at radius 1 is 1.56 bits per heavy atom. The summed E-state index contributed by atoms with van der Waals surface area (Å²) in [5.74, 6) is 0.221. The number of nitrogens with one attached hydrogen (secondary N) is 1. The van der Waals surface area contributed by atoms with Crippen molar-refractivity contribution < 1.29 is 9.53 Å². The van der Waals surface area contributed by atoms with Crippen molar-refractivity contribution in [3.63, 3.8) is 0 Å². The third-order valence-corrected chi connectivity index (χ3v) is 2.16. The van der Waals surface area contributed by atoms with Gasteiger partial charge >= 0.3 is 5.97 Å². The third-order valence-electron chi connectivity index (χ3n) is 2.16. The van der Waals surface area contributed by atoms with E-state index in [4.69, 9.17) is 0 Å². The molecule has 0 spiro atoms. The molecule has 2 heterocycles. The normalized spacial score (nSPS) is 10.4. The molecule has 84 valence electrons. The molecule has 0 aliphatic heterocycles. The van der Waals surface area contributed by atoms with Gasteiger partial charge in [0.05, 0.1) is 18.7 Å². The first-order chi connectivity index (χ1) is 7.72.